The van der Waals surface area contributed by atoms with Crippen LogP contribution in [-0.4, -0.2) is 21.5 Å². The molecule has 0 unspecified atom stereocenters. The molecule has 12 heteroatoms. The van der Waals surface area contributed by atoms with Crippen LogP contribution in [0.25, 0.3) is 6.08 Å². The van der Waals surface area contributed by atoms with Gasteiger partial charge in [-0.05, 0) is 18.2 Å². The van der Waals surface area contributed by atoms with Gasteiger partial charge in [-0.1, -0.05) is 6.08 Å². The van der Waals surface area contributed by atoms with E-state index in [4.69, 9.17) is 20.3 Å². The molecule has 2 aromatic rings. The Morgan fingerprint density at radius 3 is 2.27 bits per heavy atom. The first-order valence-corrected chi connectivity index (χ1v) is 7.13. The van der Waals surface area contributed by atoms with Crippen molar-refractivity contribution in [1.82, 2.24) is 0 Å². The number of nitrogens with two attached hydrogens (primary N) is 2. The van der Waals surface area contributed by atoms with Crippen LogP contribution in [0.5, 0.6) is 0 Å². The Morgan fingerprint density at radius 1 is 1.04 bits per heavy atom. The van der Waals surface area contributed by atoms with Crippen LogP contribution >= 0.6 is 0 Å². The van der Waals surface area contributed by atoms with Gasteiger partial charge in [-0.15, -0.1) is 5.10 Å². The van der Waals surface area contributed by atoms with E-state index in [0.29, 0.717) is 11.5 Å². The van der Waals surface area contributed by atoms with E-state index in [0.717, 1.165) is 0 Å². The third kappa shape index (κ3) is 5.30. The molecular weight excluding hydrogens is 348 g/mol. The second-order valence-corrected chi connectivity index (χ2v) is 4.90. The molecule has 2 heterocycles. The number of furan rings is 2. The van der Waals surface area contributed by atoms with Gasteiger partial charge in [0.25, 0.3) is 0 Å². The Kier molecular flexibility index (Phi) is 5.82. The van der Waals surface area contributed by atoms with Crippen LogP contribution in [-0.2, 0) is 6.42 Å². The van der Waals surface area contributed by atoms with Crippen molar-refractivity contribution >= 4 is 29.5 Å². The van der Waals surface area contributed by atoms with E-state index in [1.54, 1.807) is 6.08 Å². The summed E-state index contributed by atoms with van der Waals surface area (Å²) in [5, 5.41) is 28.6. The minimum atomic E-state index is -0.653. The molecule has 0 spiro atoms. The summed E-state index contributed by atoms with van der Waals surface area (Å²) in [4.78, 5) is 19.9. The van der Waals surface area contributed by atoms with Crippen molar-refractivity contribution in [1.29, 1.82) is 0 Å². The summed E-state index contributed by atoms with van der Waals surface area (Å²) in [7, 11) is 0. The molecule has 12 nitrogen and oxygen atoms in total. The number of guanidine groups is 1. The third-order valence-corrected chi connectivity index (χ3v) is 2.94. The van der Waals surface area contributed by atoms with Gasteiger partial charge in [0.2, 0.25) is 5.96 Å². The molecular formula is C14H14N6O6. The lowest BCUT2D eigenvalue weighted by atomic mass is 10.1. The van der Waals surface area contributed by atoms with E-state index in [1.165, 1.54) is 30.3 Å². The first-order chi connectivity index (χ1) is 12.3. The Balaban J connectivity index is 2.09. The Morgan fingerprint density at radius 2 is 1.69 bits per heavy atom. The van der Waals surface area contributed by atoms with Gasteiger partial charge in [0.05, 0.1) is 17.8 Å². The number of allylic oxidation sites excluding steroid dienone is 1. The second-order valence-electron chi connectivity index (χ2n) is 4.90. The van der Waals surface area contributed by atoms with Gasteiger partial charge in [-0.3, -0.25) is 20.2 Å². The Bertz CT molecular complexity index is 889. The van der Waals surface area contributed by atoms with Crippen molar-refractivity contribution in [2.75, 3.05) is 0 Å². The highest BCUT2D eigenvalue weighted by atomic mass is 16.7. The van der Waals surface area contributed by atoms with Crippen molar-refractivity contribution in [3.63, 3.8) is 0 Å². The molecule has 26 heavy (non-hydrogen) atoms. The van der Waals surface area contributed by atoms with E-state index < -0.39 is 9.85 Å². The first-order valence-electron chi connectivity index (χ1n) is 7.13. The summed E-state index contributed by atoms with van der Waals surface area (Å²) >= 11 is 0. The van der Waals surface area contributed by atoms with Gasteiger partial charge in [0.1, 0.15) is 21.4 Å². The second kappa shape index (κ2) is 8.23. The molecule has 0 fully saturated rings. The summed E-state index contributed by atoms with van der Waals surface area (Å²) in [6, 6.07) is 5.35. The lowest BCUT2D eigenvalue weighted by Crippen LogP contribution is -2.22. The van der Waals surface area contributed by atoms with E-state index in [-0.39, 0.29) is 36.3 Å². The molecule has 0 amide bonds. The van der Waals surface area contributed by atoms with Crippen LogP contribution in [0.3, 0.4) is 0 Å². The normalized spacial score (nSPS) is 11.6. The van der Waals surface area contributed by atoms with Crippen molar-refractivity contribution in [3.8, 4) is 0 Å². The average molecular weight is 362 g/mol. The fourth-order valence-corrected chi connectivity index (χ4v) is 1.88. The topological polar surface area (TPSA) is 189 Å². The van der Waals surface area contributed by atoms with Gasteiger partial charge >= 0.3 is 11.8 Å². The van der Waals surface area contributed by atoms with Crippen LogP contribution in [0.15, 0.2) is 49.4 Å². The number of nitro groups is 2. The van der Waals surface area contributed by atoms with Crippen molar-refractivity contribution in [2.24, 2.45) is 21.7 Å². The fourth-order valence-electron chi connectivity index (χ4n) is 1.88. The van der Waals surface area contributed by atoms with Crippen LogP contribution in [0, 0.1) is 20.2 Å². The number of hydrogen-bond acceptors (Lipinski definition) is 8. The molecule has 0 saturated heterocycles. The largest absolute Gasteiger partial charge is 0.433 e. The maximum Gasteiger partial charge on any atom is 0.433 e. The van der Waals surface area contributed by atoms with Crippen LogP contribution in [0.2, 0.25) is 0 Å². The Labute approximate surface area is 145 Å². The predicted molar refractivity (Wildman–Crippen MR) is 91.3 cm³/mol. The van der Waals surface area contributed by atoms with Gasteiger partial charge in [-0.25, -0.2) is 0 Å². The molecule has 0 radical (unpaired) electrons. The first kappa shape index (κ1) is 18.4. The van der Waals surface area contributed by atoms with E-state index in [1.807, 2.05) is 0 Å². The summed E-state index contributed by atoms with van der Waals surface area (Å²) < 4.78 is 10.1. The molecule has 0 aliphatic heterocycles. The molecule has 0 bridgehead atoms. The van der Waals surface area contributed by atoms with Crippen molar-refractivity contribution in [2.45, 2.75) is 12.8 Å². The molecule has 0 saturated carbocycles. The van der Waals surface area contributed by atoms with Crippen molar-refractivity contribution in [3.05, 3.63) is 62.1 Å². The van der Waals surface area contributed by atoms with E-state index in [2.05, 4.69) is 10.2 Å². The molecule has 136 valence electrons. The quantitative estimate of drug-likeness (QED) is 0.308. The molecule has 2 aromatic heterocycles. The van der Waals surface area contributed by atoms with Gasteiger partial charge in [0.15, 0.2) is 0 Å². The van der Waals surface area contributed by atoms with Crippen LogP contribution in [0.1, 0.15) is 17.9 Å². The summed E-state index contributed by atoms with van der Waals surface area (Å²) in [5.74, 6) is -0.421. The number of nitrogens with zero attached hydrogens (tertiary/aromatic N) is 4. The van der Waals surface area contributed by atoms with E-state index in [9.17, 15) is 20.2 Å². The minimum Gasteiger partial charge on any atom is -0.405 e. The van der Waals surface area contributed by atoms with Gasteiger partial charge in [-0.2, -0.15) is 5.10 Å². The van der Waals surface area contributed by atoms with Gasteiger partial charge < -0.3 is 20.3 Å². The van der Waals surface area contributed by atoms with Crippen molar-refractivity contribution < 1.29 is 18.7 Å². The fraction of sp³-hybridized carbons (Fsp3) is 0.143. The minimum absolute atomic E-state index is 0.132. The highest BCUT2D eigenvalue weighted by molar-refractivity contribution is 5.88. The zero-order valence-corrected chi connectivity index (χ0v) is 13.3. The highest BCUT2D eigenvalue weighted by Crippen LogP contribution is 2.18. The zero-order valence-electron chi connectivity index (χ0n) is 13.3. The van der Waals surface area contributed by atoms with Gasteiger partial charge in [0, 0.05) is 12.8 Å². The average Bonchev–Trinajstić information content (AvgIpc) is 3.21. The number of hydrogen-bond donors (Lipinski definition) is 2. The summed E-state index contributed by atoms with van der Waals surface area (Å²) in [5.41, 5.74) is 10.9. The molecule has 0 aliphatic carbocycles. The molecule has 0 atom stereocenters. The lowest BCUT2D eigenvalue weighted by Gasteiger charge is -1.99. The Hall–Kier alpha value is -3.96. The zero-order chi connectivity index (χ0) is 19.1. The third-order valence-electron chi connectivity index (χ3n) is 2.94. The lowest BCUT2D eigenvalue weighted by molar-refractivity contribution is -0.402. The maximum atomic E-state index is 10.7. The molecule has 0 aromatic carbocycles. The molecule has 0 aliphatic rings. The monoisotopic (exact) mass is 362 g/mol. The number of rotatable bonds is 8. The predicted octanol–water partition coefficient (Wildman–Crippen LogP) is 1.96. The highest BCUT2D eigenvalue weighted by Gasteiger charge is 2.13. The SMILES string of the molecule is NC(N)=NN=C(CC=Cc1ccc([N+](=O)[O-])o1)Cc1ccc([N+](=O)[O-])o1. The summed E-state index contributed by atoms with van der Waals surface area (Å²) in [6.07, 6.45) is 3.52. The summed E-state index contributed by atoms with van der Waals surface area (Å²) in [6.45, 7) is 0. The molecule has 4 N–H and O–H groups in total. The maximum absolute atomic E-state index is 10.7. The molecule has 2 rings (SSSR count). The smallest absolute Gasteiger partial charge is 0.405 e. The standard InChI is InChI=1S/C14H14N6O6/c15-14(16)18-17-9(8-11-5-7-13(26-11)20(23)24)2-1-3-10-4-6-12(25-10)19(21)22/h1,3-7H,2,8H2,(H4,15,16,18). The van der Waals surface area contributed by atoms with Crippen LogP contribution in [0.4, 0.5) is 11.8 Å². The van der Waals surface area contributed by atoms with E-state index >= 15 is 0 Å². The van der Waals surface area contributed by atoms with Crippen LogP contribution < -0.4 is 11.5 Å².